The quantitative estimate of drug-likeness (QED) is 0.156. The Morgan fingerprint density at radius 1 is 0.444 bits per heavy atom. The zero-order valence-electron chi connectivity index (χ0n) is 47.7. The van der Waals surface area contributed by atoms with E-state index in [1.54, 1.807) is 22.7 Å². The number of hydrogen-bond donors (Lipinski definition) is 0. The van der Waals surface area contributed by atoms with Gasteiger partial charge in [-0.25, -0.2) is 4.85 Å². The van der Waals surface area contributed by atoms with Crippen molar-refractivity contribution in [3.05, 3.63) is 260 Å². The van der Waals surface area contributed by atoms with Gasteiger partial charge in [0.15, 0.2) is 0 Å². The summed E-state index contributed by atoms with van der Waals surface area (Å²) in [7, 11) is 0. The van der Waals surface area contributed by atoms with Crippen LogP contribution < -0.4 is 0 Å². The summed E-state index contributed by atoms with van der Waals surface area (Å²) in [6, 6.07) is 73.3. The standard InChI is InChI=1S/C74H40N4OS2/c1-76-68-65(44-20-7-3-8-21-44)58(42-75)69(78-70-53(35-37-55-52-26-13-16-30-63(52)80-73(55)70)54-36-38-56-67-48(43-18-5-2-6-19-43)27-17-31-64(67)81-74(56)71(54)78)66(45-22-9-4-10-23-45)72(68)77-59-28-14-11-24-49(59)50-34-32-47(41-60(50)77)46-33-39-62-57(40-46)51-25-12-15-29-61(51)79-62/h2-41H/i2D,5D,6D,18D,19D. The van der Waals surface area contributed by atoms with Crippen LogP contribution in [0, 0.1) is 17.9 Å². The Morgan fingerprint density at radius 2 is 1.04 bits per heavy atom. The Hall–Kier alpha value is -10.5. The van der Waals surface area contributed by atoms with Crippen molar-refractivity contribution in [2.24, 2.45) is 0 Å². The number of thiophene rings is 2. The number of hydrogen-bond acceptors (Lipinski definition) is 4. The van der Waals surface area contributed by atoms with Crippen LogP contribution in [0.25, 0.3) is 167 Å². The zero-order chi connectivity index (χ0) is 57.8. The van der Waals surface area contributed by atoms with E-state index >= 15 is 0 Å². The van der Waals surface area contributed by atoms with Crippen LogP contribution in [0.3, 0.4) is 0 Å². The Bertz CT molecular complexity index is 5910. The minimum atomic E-state index is -0.451. The molecule has 5 nitrogen and oxygen atoms in total. The van der Waals surface area contributed by atoms with E-state index in [-0.39, 0.29) is 17.6 Å². The van der Waals surface area contributed by atoms with Crippen LogP contribution in [-0.2, 0) is 0 Å². The molecule has 0 atom stereocenters. The predicted octanol–water partition coefficient (Wildman–Crippen LogP) is 21.6. The molecule has 0 aliphatic carbocycles. The molecule has 0 saturated heterocycles. The molecule has 0 spiro atoms. The van der Waals surface area contributed by atoms with Crippen LogP contribution in [0.4, 0.5) is 5.69 Å². The van der Waals surface area contributed by atoms with Crippen molar-refractivity contribution < 1.29 is 11.3 Å². The molecule has 0 saturated carbocycles. The molecule has 374 valence electrons. The number of nitriles is 1. The second kappa shape index (κ2) is 17.5. The first-order chi connectivity index (χ1) is 42.2. The van der Waals surface area contributed by atoms with E-state index in [0.717, 1.165) is 123 Å². The molecule has 0 bridgehead atoms. The van der Waals surface area contributed by atoms with Crippen molar-refractivity contribution >= 4 is 134 Å². The van der Waals surface area contributed by atoms with Crippen molar-refractivity contribution in [1.82, 2.24) is 9.13 Å². The molecular weight excluding hydrogens is 1020 g/mol. The lowest BCUT2D eigenvalue weighted by molar-refractivity contribution is 0.669. The molecular formula is C74H40N4OS2. The third kappa shape index (κ3) is 6.50. The van der Waals surface area contributed by atoms with Gasteiger partial charge in [-0.15, -0.1) is 22.7 Å². The van der Waals surface area contributed by atoms with Gasteiger partial charge in [0, 0.05) is 74.4 Å². The fraction of sp³-hybridized carbons (Fsp3) is 0. The average molecular weight is 1070 g/mol. The van der Waals surface area contributed by atoms with Crippen molar-refractivity contribution in [3.8, 4) is 62.0 Å². The Balaban J connectivity index is 1.09. The molecule has 0 aliphatic rings. The van der Waals surface area contributed by atoms with E-state index in [9.17, 15) is 14.6 Å². The van der Waals surface area contributed by atoms with Gasteiger partial charge in [0.1, 0.15) is 17.2 Å². The largest absolute Gasteiger partial charge is 0.456 e. The third-order valence-corrected chi connectivity index (χ3v) is 18.6. The van der Waals surface area contributed by atoms with E-state index < -0.39 is 18.1 Å². The molecule has 5 aromatic heterocycles. The summed E-state index contributed by atoms with van der Waals surface area (Å²) in [5.74, 6) is 0. The smallest absolute Gasteiger partial charge is 0.220 e. The molecule has 0 fully saturated rings. The van der Waals surface area contributed by atoms with Gasteiger partial charge in [0.2, 0.25) is 5.69 Å². The van der Waals surface area contributed by atoms with E-state index in [4.69, 9.17) is 8.53 Å². The van der Waals surface area contributed by atoms with Gasteiger partial charge in [-0.1, -0.05) is 200 Å². The van der Waals surface area contributed by atoms with Crippen molar-refractivity contribution in [3.63, 3.8) is 0 Å². The molecule has 7 heteroatoms. The summed E-state index contributed by atoms with van der Waals surface area (Å²) in [6.45, 7) is 9.56. The highest BCUT2D eigenvalue weighted by Crippen LogP contribution is 2.55. The van der Waals surface area contributed by atoms with Gasteiger partial charge >= 0.3 is 0 Å². The van der Waals surface area contributed by atoms with Gasteiger partial charge in [-0.05, 0) is 75.8 Å². The summed E-state index contributed by atoms with van der Waals surface area (Å²) in [6.07, 6.45) is 0. The summed E-state index contributed by atoms with van der Waals surface area (Å²) >= 11 is 3.28. The molecule has 17 aromatic rings. The van der Waals surface area contributed by atoms with Crippen LogP contribution in [0.5, 0.6) is 0 Å². The minimum absolute atomic E-state index is 0.129. The predicted molar refractivity (Wildman–Crippen MR) is 341 cm³/mol. The lowest BCUT2D eigenvalue weighted by Crippen LogP contribution is -2.09. The number of para-hydroxylation sites is 2. The van der Waals surface area contributed by atoms with Gasteiger partial charge in [-0.3, -0.25) is 0 Å². The lowest BCUT2D eigenvalue weighted by Gasteiger charge is -2.26. The maximum atomic E-state index is 12.4. The third-order valence-electron chi connectivity index (χ3n) is 16.3. The lowest BCUT2D eigenvalue weighted by atomic mass is 9.88. The second-order valence-electron chi connectivity index (χ2n) is 20.4. The molecule has 0 amide bonds. The SMILES string of the molecule is [2H]c1c([2H])c([2H])c(-c2cccc3sc4c(ccc5c6ccc7c8ccccc8sc7c6n(-c6c(C#N)c(-c7ccccc7)c([N+]#[C-])c(-n7c8ccccc8c8ccc(-c9ccc%10oc%11ccccc%11c%10c9)cc87)c6-c6ccccc6)c54)c23)c([2H])c1[2H]. The fourth-order valence-electron chi connectivity index (χ4n) is 12.9. The van der Waals surface area contributed by atoms with Crippen molar-refractivity contribution in [2.45, 2.75) is 0 Å². The summed E-state index contributed by atoms with van der Waals surface area (Å²) in [5, 5.41) is 22.1. The number of furan rings is 1. The summed E-state index contributed by atoms with van der Waals surface area (Å²) < 4.78 is 59.2. The molecule has 0 radical (unpaired) electrons. The van der Waals surface area contributed by atoms with Gasteiger partial charge in [0.05, 0.1) is 61.8 Å². The molecule has 81 heavy (non-hydrogen) atoms. The van der Waals surface area contributed by atoms with Crippen LogP contribution in [0.2, 0.25) is 0 Å². The maximum Gasteiger partial charge on any atom is 0.220 e. The minimum Gasteiger partial charge on any atom is -0.456 e. The van der Waals surface area contributed by atoms with Crippen LogP contribution in [0.1, 0.15) is 12.4 Å². The van der Waals surface area contributed by atoms with E-state index in [1.807, 2.05) is 97.1 Å². The molecule has 0 aliphatic heterocycles. The van der Waals surface area contributed by atoms with Crippen LogP contribution >= 0.6 is 22.7 Å². The Morgan fingerprint density at radius 3 is 1.81 bits per heavy atom. The topological polar surface area (TPSA) is 51.1 Å². The highest BCUT2D eigenvalue weighted by Gasteiger charge is 2.33. The monoisotopic (exact) mass is 1070 g/mol. The summed E-state index contributed by atoms with van der Waals surface area (Å²) in [5.41, 5.74) is 12.3. The van der Waals surface area contributed by atoms with Crippen molar-refractivity contribution in [1.29, 1.82) is 5.26 Å². The first kappa shape index (κ1) is 40.6. The fourth-order valence-corrected chi connectivity index (χ4v) is 15.4. The average Bonchev–Trinajstić information content (AvgIpc) is 1.72. The highest BCUT2D eigenvalue weighted by atomic mass is 32.1. The van der Waals surface area contributed by atoms with Gasteiger partial charge in [-0.2, -0.15) is 5.26 Å². The number of aromatic nitrogens is 2. The summed E-state index contributed by atoms with van der Waals surface area (Å²) in [4.78, 5) is 4.62. The Labute approximate surface area is 478 Å². The van der Waals surface area contributed by atoms with Crippen LogP contribution in [0.15, 0.2) is 247 Å². The van der Waals surface area contributed by atoms with E-state index in [0.29, 0.717) is 44.9 Å². The zero-order valence-corrected chi connectivity index (χ0v) is 44.4. The maximum absolute atomic E-state index is 12.4. The second-order valence-corrected chi connectivity index (χ2v) is 22.5. The highest BCUT2D eigenvalue weighted by molar-refractivity contribution is 7.27. The van der Waals surface area contributed by atoms with E-state index in [2.05, 4.69) is 135 Å². The van der Waals surface area contributed by atoms with Gasteiger partial charge < -0.3 is 13.6 Å². The normalized spacial score (nSPS) is 12.8. The number of fused-ring (bicyclic) bond motifs is 17. The molecule has 5 heterocycles. The first-order valence-electron chi connectivity index (χ1n) is 29.1. The molecule has 17 rings (SSSR count). The molecule has 0 N–H and O–H groups in total. The number of benzene rings is 12. The first-order valence-corrected chi connectivity index (χ1v) is 28.2. The van der Waals surface area contributed by atoms with Crippen molar-refractivity contribution in [2.75, 3.05) is 0 Å². The van der Waals surface area contributed by atoms with Gasteiger partial charge in [0.25, 0.3) is 0 Å². The number of rotatable bonds is 6. The molecule has 0 unspecified atom stereocenters. The van der Waals surface area contributed by atoms with E-state index in [1.165, 1.54) is 0 Å². The Kier molecular flexibility index (Phi) is 8.77. The van der Waals surface area contributed by atoms with Crippen LogP contribution in [-0.4, -0.2) is 9.13 Å². The molecule has 12 aromatic carbocycles. The number of nitrogens with zero attached hydrogens (tertiary/aromatic N) is 4.